The van der Waals surface area contributed by atoms with Gasteiger partial charge in [-0.15, -0.1) is 0 Å². The second-order valence-electron chi connectivity index (χ2n) is 3.17. The molecule has 136 valence electrons. The molecule has 2 radical (unpaired) electrons. The number of phenolic OH excluding ortho intramolecular Hbond substituents is 1. The number of aromatic hydroxyl groups is 1. The Morgan fingerprint density at radius 2 is 1.22 bits per heavy atom. The molecule has 2 rings (SSSR count). The summed E-state index contributed by atoms with van der Waals surface area (Å²) in [4.78, 5) is 4.03. The summed E-state index contributed by atoms with van der Waals surface area (Å²) in [5, 5.41) is 10.3. The van der Waals surface area contributed by atoms with E-state index in [1.807, 2.05) is 18.2 Å². The number of hydrogen-bond acceptors (Lipinski definition) is 10. The van der Waals surface area contributed by atoms with E-state index in [1.54, 1.807) is 18.3 Å². The predicted molar refractivity (Wildman–Crippen MR) is 64.4 cm³/mol. The van der Waals surface area contributed by atoms with Crippen LogP contribution >= 0.6 is 0 Å². The molecule has 0 unspecified atom stereocenters. The van der Waals surface area contributed by atoms with Gasteiger partial charge in [-0.25, -0.2) is 0 Å². The summed E-state index contributed by atoms with van der Waals surface area (Å²) < 4.78 is 68.2. The molecule has 1 aromatic carbocycles. The van der Waals surface area contributed by atoms with E-state index in [4.69, 9.17) is 35.0 Å². The molecule has 0 aliphatic heterocycles. The van der Waals surface area contributed by atoms with E-state index in [9.17, 15) is 5.11 Å². The first-order valence-electron chi connectivity index (χ1n) is 4.74. The summed E-state index contributed by atoms with van der Waals surface area (Å²) in [6.45, 7) is 0. The molecule has 1 N–H and O–H groups in total. The average Bonchev–Trinajstić information content (AvgIpc) is 2.25. The zero-order chi connectivity index (χ0) is 16.7. The molecule has 0 saturated heterocycles. The topological polar surface area (TPSA) is 194 Å². The monoisotopic (exact) mass is 463 g/mol. The molecule has 0 saturated carbocycles. The molecule has 0 amide bonds. The molecule has 14 heteroatoms. The average molecular weight is 464 g/mol. The van der Waals surface area contributed by atoms with Crippen molar-refractivity contribution in [1.29, 1.82) is 0 Å². The van der Waals surface area contributed by atoms with Crippen molar-refractivity contribution in [3.63, 3.8) is 0 Å². The van der Waals surface area contributed by atoms with Crippen LogP contribution in [0.25, 0.3) is 10.9 Å². The van der Waals surface area contributed by atoms with Crippen LogP contribution in [0.5, 0.6) is 5.75 Å². The third-order valence-corrected chi connectivity index (χ3v) is 1.61. The SMILES string of the molecule is O=S(=O)([O-])[O-].O=S(=O)([O-])[O-].Oc1cccc2cccnc12.[Cu+2].[Cu+2]. The standard InChI is InChI=1S/C9H7NO.2Cu.2H2O4S/c11-8-5-1-3-7-4-2-6-10-9(7)8;;;2*1-5(2,3)4/h1-6,11H;;;2*(H2,1,2,3,4)/q;2*+2;;/p-4. The molecule has 10 nitrogen and oxygen atoms in total. The first kappa shape index (κ1) is 27.1. The Kier molecular flexibility index (Phi) is 13.8. The fraction of sp³-hybridized carbons (Fsp3) is 0. The quantitative estimate of drug-likeness (QED) is 0.295. The molecule has 0 spiro atoms. The van der Waals surface area contributed by atoms with Gasteiger partial charge < -0.3 is 23.3 Å². The van der Waals surface area contributed by atoms with Gasteiger partial charge in [0.25, 0.3) is 0 Å². The molecule has 0 aliphatic rings. The van der Waals surface area contributed by atoms with Gasteiger partial charge >= 0.3 is 34.1 Å². The number of pyridine rings is 1. The number of para-hydroxylation sites is 1. The zero-order valence-corrected chi connectivity index (χ0v) is 14.1. The Bertz CT molecular complexity index is 744. The molecular weight excluding hydrogens is 457 g/mol. The Balaban J connectivity index is -0.000000289. The van der Waals surface area contributed by atoms with Crippen LogP contribution in [-0.4, -0.2) is 45.1 Å². The maximum absolute atomic E-state index is 9.31. The Morgan fingerprint density at radius 3 is 1.61 bits per heavy atom. The van der Waals surface area contributed by atoms with E-state index in [1.165, 1.54) is 0 Å². The second-order valence-corrected chi connectivity index (χ2v) is 4.80. The molecule has 0 bridgehead atoms. The molecular formula is C9H7Cu2NO9S2. The van der Waals surface area contributed by atoms with E-state index in [-0.39, 0.29) is 39.9 Å². The Hall–Kier alpha value is -0.791. The third-order valence-electron chi connectivity index (χ3n) is 1.61. The minimum atomic E-state index is -5.17. The Labute approximate surface area is 153 Å². The fourth-order valence-corrected chi connectivity index (χ4v) is 1.09. The van der Waals surface area contributed by atoms with E-state index >= 15 is 0 Å². The summed E-state index contributed by atoms with van der Waals surface area (Å²) in [5.74, 6) is 0.239. The number of benzene rings is 1. The first-order chi connectivity index (χ1) is 9.38. The van der Waals surface area contributed by atoms with Crippen LogP contribution in [0.3, 0.4) is 0 Å². The minimum Gasteiger partial charge on any atom is -0.759 e. The fourth-order valence-electron chi connectivity index (χ4n) is 1.09. The van der Waals surface area contributed by atoms with Gasteiger partial charge in [0.2, 0.25) is 0 Å². The van der Waals surface area contributed by atoms with Crippen LogP contribution in [0.1, 0.15) is 0 Å². The van der Waals surface area contributed by atoms with Crippen LogP contribution in [0.4, 0.5) is 0 Å². The summed E-state index contributed by atoms with van der Waals surface area (Å²) in [6, 6.07) is 9.13. The summed E-state index contributed by atoms with van der Waals surface area (Å²) in [7, 11) is -10.3. The van der Waals surface area contributed by atoms with Crippen LogP contribution < -0.4 is 0 Å². The zero-order valence-electron chi connectivity index (χ0n) is 10.5. The van der Waals surface area contributed by atoms with Gasteiger partial charge in [0, 0.05) is 32.4 Å². The summed E-state index contributed by atoms with van der Waals surface area (Å²) in [5.41, 5.74) is 0.662. The van der Waals surface area contributed by atoms with Crippen molar-refractivity contribution in [2.75, 3.05) is 0 Å². The van der Waals surface area contributed by atoms with Gasteiger partial charge in [-0.1, -0.05) is 18.2 Å². The van der Waals surface area contributed by atoms with Crippen molar-refractivity contribution >= 4 is 31.7 Å². The molecule has 23 heavy (non-hydrogen) atoms. The summed E-state index contributed by atoms with van der Waals surface area (Å²) >= 11 is 0. The maximum atomic E-state index is 9.31. The van der Waals surface area contributed by atoms with Gasteiger partial charge in [-0.05, 0) is 12.1 Å². The molecule has 1 aromatic heterocycles. The van der Waals surface area contributed by atoms with Crippen molar-refractivity contribution in [3.05, 3.63) is 36.5 Å². The van der Waals surface area contributed by atoms with Gasteiger partial charge in [0.1, 0.15) is 11.3 Å². The van der Waals surface area contributed by atoms with Gasteiger partial charge in [0.05, 0.1) is 0 Å². The minimum absolute atomic E-state index is 0. The number of fused-ring (bicyclic) bond motifs is 1. The van der Waals surface area contributed by atoms with Gasteiger partial charge in [0.15, 0.2) is 0 Å². The first-order valence-corrected chi connectivity index (χ1v) is 7.40. The van der Waals surface area contributed by atoms with E-state index in [0.717, 1.165) is 5.39 Å². The van der Waals surface area contributed by atoms with Crippen molar-refractivity contribution < 1.29 is 74.3 Å². The molecule has 0 aliphatic carbocycles. The van der Waals surface area contributed by atoms with E-state index in [2.05, 4.69) is 4.98 Å². The van der Waals surface area contributed by atoms with E-state index < -0.39 is 20.8 Å². The number of hydrogen-bond donors (Lipinski definition) is 1. The number of aromatic nitrogens is 1. The number of phenols is 1. The Morgan fingerprint density at radius 1 is 0.826 bits per heavy atom. The van der Waals surface area contributed by atoms with Crippen LogP contribution in [0.2, 0.25) is 0 Å². The van der Waals surface area contributed by atoms with Crippen LogP contribution in [0.15, 0.2) is 36.5 Å². The molecule has 1 heterocycles. The largest absolute Gasteiger partial charge is 2.00 e. The normalized spacial score (nSPS) is 9.91. The second kappa shape index (κ2) is 11.7. The predicted octanol–water partition coefficient (Wildman–Crippen LogP) is -0.741. The van der Waals surface area contributed by atoms with Crippen molar-refractivity contribution in [3.8, 4) is 5.75 Å². The molecule has 0 fully saturated rings. The third kappa shape index (κ3) is 19.2. The number of nitrogens with zero attached hydrogens (tertiary/aromatic N) is 1. The summed E-state index contributed by atoms with van der Waals surface area (Å²) in [6.07, 6.45) is 1.67. The van der Waals surface area contributed by atoms with Crippen LogP contribution in [-0.2, 0) is 54.9 Å². The van der Waals surface area contributed by atoms with Crippen LogP contribution in [0, 0.1) is 0 Å². The van der Waals surface area contributed by atoms with Gasteiger partial charge in [-0.3, -0.25) is 21.8 Å². The van der Waals surface area contributed by atoms with Crippen molar-refractivity contribution in [2.24, 2.45) is 0 Å². The smallest absolute Gasteiger partial charge is 0.759 e. The van der Waals surface area contributed by atoms with E-state index in [0.29, 0.717) is 5.52 Å². The van der Waals surface area contributed by atoms with Gasteiger partial charge in [-0.2, -0.15) is 0 Å². The van der Waals surface area contributed by atoms with Crippen molar-refractivity contribution in [2.45, 2.75) is 0 Å². The molecule has 2 aromatic rings. The van der Waals surface area contributed by atoms with Crippen molar-refractivity contribution in [1.82, 2.24) is 4.98 Å². The number of rotatable bonds is 0. The molecule has 0 atom stereocenters. The maximum Gasteiger partial charge on any atom is 2.00 e.